The number of nitrogens with one attached hydrogen (secondary N) is 1. The first-order valence-electron chi connectivity index (χ1n) is 10.9. The zero-order chi connectivity index (χ0) is 22.5. The molecule has 32 heavy (non-hydrogen) atoms. The number of imidazole rings is 1. The molecule has 3 aromatic rings. The average Bonchev–Trinajstić information content (AvgIpc) is 3.39. The van der Waals surface area contributed by atoms with Crippen LogP contribution in [0.3, 0.4) is 0 Å². The Balaban J connectivity index is 1.49. The third-order valence-corrected chi connectivity index (χ3v) is 6.91. The Morgan fingerprint density at radius 3 is 2.91 bits per heavy atom. The number of aryl methyl sites for hydroxylation is 2. The topological polar surface area (TPSA) is 81.4 Å². The maximum absolute atomic E-state index is 13.1. The van der Waals surface area contributed by atoms with Crippen molar-refractivity contribution in [3.8, 4) is 5.75 Å². The average molecular weight is 456 g/mol. The smallest absolute Gasteiger partial charge is 0.256 e. The number of pyridine rings is 1. The fraction of sp³-hybridized carbons (Fsp3) is 0.435. The minimum atomic E-state index is -0.196. The largest absolute Gasteiger partial charge is 0.496 e. The lowest BCUT2D eigenvalue weighted by Gasteiger charge is -2.18. The van der Waals surface area contributed by atoms with Gasteiger partial charge in [0, 0.05) is 74.7 Å². The van der Waals surface area contributed by atoms with E-state index in [1.165, 1.54) is 23.6 Å². The Labute approximate surface area is 191 Å². The molecular formula is C23H29N5O3S. The zero-order valence-electron chi connectivity index (χ0n) is 18.5. The third-order valence-electron chi connectivity index (χ3n) is 5.91. The van der Waals surface area contributed by atoms with Gasteiger partial charge in [0.25, 0.3) is 11.5 Å². The number of ether oxygens (including phenoxy) is 1. The highest BCUT2D eigenvalue weighted by molar-refractivity contribution is 7.10. The van der Waals surface area contributed by atoms with Crippen LogP contribution in [0.15, 0.2) is 41.0 Å². The summed E-state index contributed by atoms with van der Waals surface area (Å²) in [6, 6.07) is 3.57. The number of amides is 1. The summed E-state index contributed by atoms with van der Waals surface area (Å²) in [6.07, 6.45) is 6.81. The minimum absolute atomic E-state index is 0.123. The molecule has 0 aromatic carbocycles. The van der Waals surface area contributed by atoms with Gasteiger partial charge >= 0.3 is 0 Å². The van der Waals surface area contributed by atoms with Gasteiger partial charge in [0.2, 0.25) is 0 Å². The Bertz CT molecular complexity index is 1120. The number of fused-ring (bicyclic) bond motifs is 1. The molecule has 0 bridgehead atoms. The summed E-state index contributed by atoms with van der Waals surface area (Å²) in [5.41, 5.74) is 2.41. The summed E-state index contributed by atoms with van der Waals surface area (Å²) < 4.78 is 9.17. The molecule has 0 fully saturated rings. The number of hydrogen-bond donors (Lipinski definition) is 1. The fourth-order valence-corrected chi connectivity index (χ4v) is 5.04. The summed E-state index contributed by atoms with van der Waals surface area (Å²) in [4.78, 5) is 33.6. The van der Waals surface area contributed by atoms with E-state index in [4.69, 9.17) is 4.74 Å². The van der Waals surface area contributed by atoms with Crippen LogP contribution >= 0.6 is 11.3 Å². The first-order valence-corrected chi connectivity index (χ1v) is 11.7. The molecule has 0 aliphatic carbocycles. The van der Waals surface area contributed by atoms with Crippen LogP contribution in [0.5, 0.6) is 5.75 Å². The lowest BCUT2D eigenvalue weighted by Crippen LogP contribution is -2.32. The molecule has 3 aromatic heterocycles. The van der Waals surface area contributed by atoms with Crippen LogP contribution in [0, 0.1) is 6.92 Å². The second-order valence-electron chi connectivity index (χ2n) is 7.99. The van der Waals surface area contributed by atoms with Crippen molar-refractivity contribution < 1.29 is 9.53 Å². The molecule has 4 heterocycles. The third kappa shape index (κ3) is 4.94. The molecule has 4 rings (SSSR count). The molecule has 0 saturated carbocycles. The molecule has 1 amide bonds. The number of hydrogen-bond acceptors (Lipinski definition) is 6. The van der Waals surface area contributed by atoms with Gasteiger partial charge in [0.15, 0.2) is 0 Å². The van der Waals surface area contributed by atoms with Gasteiger partial charge in [-0.25, -0.2) is 4.98 Å². The van der Waals surface area contributed by atoms with Crippen molar-refractivity contribution in [1.82, 2.24) is 24.3 Å². The summed E-state index contributed by atoms with van der Waals surface area (Å²) in [7, 11) is 1.50. The molecule has 0 unspecified atom stereocenters. The maximum atomic E-state index is 13.1. The van der Waals surface area contributed by atoms with Gasteiger partial charge in [-0.05, 0) is 30.4 Å². The normalized spacial score (nSPS) is 14.1. The lowest BCUT2D eigenvalue weighted by atomic mass is 10.1. The minimum Gasteiger partial charge on any atom is -0.496 e. The van der Waals surface area contributed by atoms with Crippen LogP contribution in [0.2, 0.25) is 0 Å². The highest BCUT2D eigenvalue weighted by Crippen LogP contribution is 2.24. The van der Waals surface area contributed by atoms with E-state index in [9.17, 15) is 9.59 Å². The van der Waals surface area contributed by atoms with Crippen molar-refractivity contribution in [3.63, 3.8) is 0 Å². The number of rotatable bonds is 8. The monoisotopic (exact) mass is 455 g/mol. The molecule has 1 aliphatic heterocycles. The van der Waals surface area contributed by atoms with Crippen LogP contribution in [0.25, 0.3) is 0 Å². The summed E-state index contributed by atoms with van der Waals surface area (Å²) in [5.74, 6) is 0.148. The van der Waals surface area contributed by atoms with Crippen molar-refractivity contribution in [2.75, 3.05) is 26.7 Å². The van der Waals surface area contributed by atoms with E-state index in [0.717, 1.165) is 38.3 Å². The predicted octanol–water partition coefficient (Wildman–Crippen LogP) is 2.30. The van der Waals surface area contributed by atoms with Gasteiger partial charge in [-0.15, -0.1) is 11.3 Å². The predicted molar refractivity (Wildman–Crippen MR) is 124 cm³/mol. The van der Waals surface area contributed by atoms with Gasteiger partial charge in [-0.3, -0.25) is 14.5 Å². The second kappa shape index (κ2) is 10.1. The van der Waals surface area contributed by atoms with E-state index >= 15 is 0 Å². The van der Waals surface area contributed by atoms with Crippen molar-refractivity contribution in [3.05, 3.63) is 68.3 Å². The molecule has 0 radical (unpaired) electrons. The molecule has 0 saturated heterocycles. The number of carbonyl (C=O) groups is 1. The van der Waals surface area contributed by atoms with Gasteiger partial charge < -0.3 is 19.2 Å². The van der Waals surface area contributed by atoms with Crippen molar-refractivity contribution in [2.45, 2.75) is 39.4 Å². The van der Waals surface area contributed by atoms with E-state index in [-0.39, 0.29) is 11.5 Å². The highest BCUT2D eigenvalue weighted by Gasteiger charge is 2.25. The SMILES string of the molecule is COc1cc(=O)n2c(c1C(=O)NCCCn1ccnc1)CCN(Cc1sccc1C)CC2. The maximum Gasteiger partial charge on any atom is 0.256 e. The van der Waals surface area contributed by atoms with E-state index in [1.54, 1.807) is 28.4 Å². The molecule has 8 nitrogen and oxygen atoms in total. The van der Waals surface area contributed by atoms with Crippen LogP contribution in [0.4, 0.5) is 0 Å². The van der Waals surface area contributed by atoms with E-state index in [1.807, 2.05) is 10.8 Å². The van der Waals surface area contributed by atoms with Gasteiger partial charge in [-0.2, -0.15) is 0 Å². The quantitative estimate of drug-likeness (QED) is 0.527. The molecule has 0 spiro atoms. The lowest BCUT2D eigenvalue weighted by molar-refractivity contribution is 0.0947. The van der Waals surface area contributed by atoms with Crippen LogP contribution in [-0.4, -0.2) is 51.7 Å². The number of thiophene rings is 1. The van der Waals surface area contributed by atoms with Gasteiger partial charge in [0.1, 0.15) is 11.3 Å². The number of carbonyl (C=O) groups excluding carboxylic acids is 1. The van der Waals surface area contributed by atoms with Crippen molar-refractivity contribution in [2.24, 2.45) is 0 Å². The summed E-state index contributed by atoms with van der Waals surface area (Å²) in [6.45, 7) is 6.41. The van der Waals surface area contributed by atoms with E-state index in [2.05, 4.69) is 33.6 Å². The Hall–Kier alpha value is -2.91. The molecule has 1 aliphatic rings. The zero-order valence-corrected chi connectivity index (χ0v) is 19.4. The number of aromatic nitrogens is 3. The van der Waals surface area contributed by atoms with Gasteiger partial charge in [0.05, 0.1) is 13.4 Å². The van der Waals surface area contributed by atoms with Gasteiger partial charge in [-0.1, -0.05) is 0 Å². The molecule has 0 atom stereocenters. The Morgan fingerprint density at radius 2 is 2.19 bits per heavy atom. The number of nitrogens with zero attached hydrogens (tertiary/aromatic N) is 4. The van der Waals surface area contributed by atoms with E-state index < -0.39 is 0 Å². The van der Waals surface area contributed by atoms with Crippen molar-refractivity contribution in [1.29, 1.82) is 0 Å². The highest BCUT2D eigenvalue weighted by atomic mass is 32.1. The summed E-state index contributed by atoms with van der Waals surface area (Å²) in [5, 5.41) is 5.11. The fourth-order valence-electron chi connectivity index (χ4n) is 4.10. The summed E-state index contributed by atoms with van der Waals surface area (Å²) >= 11 is 1.76. The van der Waals surface area contributed by atoms with Crippen LogP contribution < -0.4 is 15.6 Å². The van der Waals surface area contributed by atoms with Crippen LogP contribution in [0.1, 0.15) is 32.9 Å². The second-order valence-corrected chi connectivity index (χ2v) is 8.99. The molecule has 1 N–H and O–H groups in total. The standard InChI is InChI=1S/C23H29N5O3S/c1-17-5-13-32-20(17)15-26-9-4-18-22(19(31-2)14-21(29)28(18)12-11-26)23(30)25-6-3-8-27-10-7-24-16-27/h5,7,10,13-14,16H,3-4,6,8-9,11-12,15H2,1-2H3,(H,25,30). The molecule has 9 heteroatoms. The van der Waals surface area contributed by atoms with Crippen LogP contribution in [-0.2, 0) is 26.1 Å². The Morgan fingerprint density at radius 1 is 1.31 bits per heavy atom. The molecular weight excluding hydrogens is 426 g/mol. The Kier molecular flexibility index (Phi) is 7.06. The van der Waals surface area contributed by atoms with E-state index in [0.29, 0.717) is 30.8 Å². The van der Waals surface area contributed by atoms with Crippen molar-refractivity contribution >= 4 is 17.2 Å². The first kappa shape index (κ1) is 22.3. The number of methoxy groups -OCH3 is 1. The first-order chi connectivity index (χ1) is 15.6. The molecule has 170 valence electrons.